The van der Waals surface area contributed by atoms with Gasteiger partial charge in [-0.1, -0.05) is 6.07 Å². The van der Waals surface area contributed by atoms with Gasteiger partial charge in [-0.2, -0.15) is 0 Å². The van der Waals surface area contributed by atoms with Crippen LogP contribution in [0, 0.1) is 5.82 Å². The molecule has 0 spiro atoms. The first-order chi connectivity index (χ1) is 8.41. The number of piperidine rings is 1. The van der Waals surface area contributed by atoms with E-state index in [9.17, 15) is 14.3 Å². The summed E-state index contributed by atoms with van der Waals surface area (Å²) in [5.74, 6) is -1.67. The van der Waals surface area contributed by atoms with Crippen molar-refractivity contribution in [1.29, 1.82) is 0 Å². The van der Waals surface area contributed by atoms with Crippen molar-refractivity contribution in [3.8, 4) is 0 Å². The molecule has 1 fully saturated rings. The molecule has 0 amide bonds. The van der Waals surface area contributed by atoms with Gasteiger partial charge < -0.3 is 15.1 Å². The fraction of sp³-hybridized carbons (Fsp3) is 0.462. The van der Waals surface area contributed by atoms with Crippen molar-refractivity contribution in [3.63, 3.8) is 0 Å². The van der Waals surface area contributed by atoms with E-state index >= 15 is 0 Å². The van der Waals surface area contributed by atoms with Gasteiger partial charge in [-0.3, -0.25) is 0 Å². The van der Waals surface area contributed by atoms with E-state index in [1.165, 1.54) is 18.2 Å². The van der Waals surface area contributed by atoms with Crippen LogP contribution in [0.15, 0.2) is 18.2 Å². The number of carbonyl (C=O) groups is 1. The third-order valence-corrected chi connectivity index (χ3v) is 3.37. The lowest BCUT2D eigenvalue weighted by atomic mass is 9.93. The minimum atomic E-state index is -1.14. The number of carboxylic acids is 1. The summed E-state index contributed by atoms with van der Waals surface area (Å²) in [6, 6.07) is 4.05. The predicted octanol–water partition coefficient (Wildman–Crippen LogP) is 1.88. The summed E-state index contributed by atoms with van der Waals surface area (Å²) in [6.07, 6.45) is 1.00. The molecule has 2 rings (SSSR count). The van der Waals surface area contributed by atoms with Crippen LogP contribution in [0.3, 0.4) is 0 Å². The molecule has 1 aromatic carbocycles. The standard InChI is InChI=1S/C13H16FNO3/c1-13(18)5-7-15(8-6-13)11-9(12(16)17)3-2-4-10(11)14/h2-4,18H,5-8H2,1H3,(H,16,17). The van der Waals surface area contributed by atoms with Crippen molar-refractivity contribution in [2.75, 3.05) is 18.0 Å². The van der Waals surface area contributed by atoms with Crippen LogP contribution in [0.1, 0.15) is 30.1 Å². The molecule has 4 nitrogen and oxygen atoms in total. The third-order valence-electron chi connectivity index (χ3n) is 3.37. The second kappa shape index (κ2) is 4.57. The van der Waals surface area contributed by atoms with Crippen molar-refractivity contribution >= 4 is 11.7 Å². The van der Waals surface area contributed by atoms with Gasteiger partial charge in [0.2, 0.25) is 0 Å². The third kappa shape index (κ3) is 2.46. The van der Waals surface area contributed by atoms with Crippen LogP contribution < -0.4 is 4.90 Å². The molecule has 1 aliphatic heterocycles. The Bertz CT molecular complexity index is 463. The van der Waals surface area contributed by atoms with Gasteiger partial charge in [0.1, 0.15) is 5.82 Å². The quantitative estimate of drug-likeness (QED) is 0.844. The number of hydrogen-bond acceptors (Lipinski definition) is 3. The summed E-state index contributed by atoms with van der Waals surface area (Å²) in [5, 5.41) is 18.9. The normalized spacial score (nSPS) is 18.7. The van der Waals surface area contributed by atoms with Crippen LogP contribution in [0.2, 0.25) is 0 Å². The number of para-hydroxylation sites is 1. The topological polar surface area (TPSA) is 60.8 Å². The van der Waals surface area contributed by atoms with Crippen molar-refractivity contribution in [2.45, 2.75) is 25.4 Å². The van der Waals surface area contributed by atoms with E-state index in [1.54, 1.807) is 11.8 Å². The SMILES string of the molecule is CC1(O)CCN(c2c(F)cccc2C(=O)O)CC1. The number of benzene rings is 1. The first kappa shape index (κ1) is 12.8. The molecule has 5 heteroatoms. The van der Waals surface area contributed by atoms with Crippen LogP contribution in [0.4, 0.5) is 10.1 Å². The second-order valence-electron chi connectivity index (χ2n) is 4.93. The molecule has 18 heavy (non-hydrogen) atoms. The Morgan fingerprint density at radius 1 is 1.39 bits per heavy atom. The highest BCUT2D eigenvalue weighted by atomic mass is 19.1. The van der Waals surface area contributed by atoms with E-state index in [0.29, 0.717) is 25.9 Å². The van der Waals surface area contributed by atoms with Crippen LogP contribution in [-0.2, 0) is 0 Å². The molecule has 1 aliphatic rings. The Labute approximate surface area is 105 Å². The van der Waals surface area contributed by atoms with E-state index in [2.05, 4.69) is 0 Å². The van der Waals surface area contributed by atoms with Gasteiger partial charge in [0, 0.05) is 13.1 Å². The highest BCUT2D eigenvalue weighted by Crippen LogP contribution is 2.30. The molecule has 0 radical (unpaired) electrons. The monoisotopic (exact) mass is 253 g/mol. The molecule has 98 valence electrons. The molecule has 2 N–H and O–H groups in total. The number of rotatable bonds is 2. The molecule has 0 bridgehead atoms. The van der Waals surface area contributed by atoms with Gasteiger partial charge in [0.15, 0.2) is 0 Å². The number of aliphatic hydroxyl groups is 1. The van der Waals surface area contributed by atoms with Gasteiger partial charge >= 0.3 is 5.97 Å². The van der Waals surface area contributed by atoms with Gasteiger partial charge in [0.05, 0.1) is 16.9 Å². The average molecular weight is 253 g/mol. The maximum absolute atomic E-state index is 13.8. The van der Waals surface area contributed by atoms with E-state index in [0.717, 1.165) is 0 Å². The number of aromatic carboxylic acids is 1. The second-order valence-corrected chi connectivity index (χ2v) is 4.93. The average Bonchev–Trinajstić information content (AvgIpc) is 2.29. The highest BCUT2D eigenvalue weighted by Gasteiger charge is 2.30. The zero-order chi connectivity index (χ0) is 13.3. The summed E-state index contributed by atoms with van der Waals surface area (Å²) < 4.78 is 13.8. The minimum Gasteiger partial charge on any atom is -0.478 e. The zero-order valence-electron chi connectivity index (χ0n) is 10.2. The Morgan fingerprint density at radius 2 is 2.00 bits per heavy atom. The number of anilines is 1. The molecule has 0 aromatic heterocycles. The molecule has 1 saturated heterocycles. The lowest BCUT2D eigenvalue weighted by molar-refractivity contribution is 0.0350. The molecule has 1 aromatic rings. The number of hydrogen-bond donors (Lipinski definition) is 2. The Balaban J connectivity index is 2.31. The number of carboxylic acid groups (broad SMARTS) is 1. The van der Waals surface area contributed by atoms with Gasteiger partial charge in [-0.05, 0) is 31.9 Å². The fourth-order valence-electron chi connectivity index (χ4n) is 2.22. The molecule has 0 atom stereocenters. The van der Waals surface area contributed by atoms with Gasteiger partial charge in [-0.15, -0.1) is 0 Å². The van der Waals surface area contributed by atoms with Crippen LogP contribution in [0.5, 0.6) is 0 Å². The smallest absolute Gasteiger partial charge is 0.337 e. The lowest BCUT2D eigenvalue weighted by Crippen LogP contribution is -2.43. The number of nitrogens with zero attached hydrogens (tertiary/aromatic N) is 1. The molecule has 1 heterocycles. The van der Waals surface area contributed by atoms with Gasteiger partial charge in [0.25, 0.3) is 0 Å². The minimum absolute atomic E-state index is 0.0310. The maximum atomic E-state index is 13.8. The van der Waals surface area contributed by atoms with E-state index in [-0.39, 0.29) is 11.3 Å². The predicted molar refractivity (Wildman–Crippen MR) is 65.4 cm³/mol. The van der Waals surface area contributed by atoms with Crippen molar-refractivity contribution in [1.82, 2.24) is 0 Å². The molecule has 0 aliphatic carbocycles. The van der Waals surface area contributed by atoms with Crippen LogP contribution in [-0.4, -0.2) is 34.9 Å². The summed E-state index contributed by atoms with van der Waals surface area (Å²) in [7, 11) is 0. The molecule has 0 saturated carbocycles. The first-order valence-corrected chi connectivity index (χ1v) is 5.90. The Hall–Kier alpha value is -1.62. The van der Waals surface area contributed by atoms with Crippen molar-refractivity contribution < 1.29 is 19.4 Å². The first-order valence-electron chi connectivity index (χ1n) is 5.90. The maximum Gasteiger partial charge on any atom is 0.337 e. The summed E-state index contributed by atoms with van der Waals surface area (Å²) in [5.41, 5.74) is -0.650. The Kier molecular flexibility index (Phi) is 3.26. The Morgan fingerprint density at radius 3 is 2.56 bits per heavy atom. The molecular formula is C13H16FNO3. The van der Waals surface area contributed by atoms with E-state index in [1.807, 2.05) is 0 Å². The van der Waals surface area contributed by atoms with E-state index < -0.39 is 17.4 Å². The largest absolute Gasteiger partial charge is 0.478 e. The summed E-state index contributed by atoms with van der Waals surface area (Å²) in [4.78, 5) is 12.8. The van der Waals surface area contributed by atoms with Crippen molar-refractivity contribution in [3.05, 3.63) is 29.6 Å². The number of halogens is 1. The van der Waals surface area contributed by atoms with Crippen molar-refractivity contribution in [2.24, 2.45) is 0 Å². The molecular weight excluding hydrogens is 237 g/mol. The molecule has 0 unspecified atom stereocenters. The summed E-state index contributed by atoms with van der Waals surface area (Å²) in [6.45, 7) is 2.65. The van der Waals surface area contributed by atoms with Crippen LogP contribution >= 0.6 is 0 Å². The van der Waals surface area contributed by atoms with Gasteiger partial charge in [-0.25, -0.2) is 9.18 Å². The van der Waals surface area contributed by atoms with Crippen LogP contribution in [0.25, 0.3) is 0 Å². The highest BCUT2D eigenvalue weighted by molar-refractivity contribution is 5.94. The fourth-order valence-corrected chi connectivity index (χ4v) is 2.22. The van der Waals surface area contributed by atoms with E-state index in [4.69, 9.17) is 5.11 Å². The zero-order valence-corrected chi connectivity index (χ0v) is 10.2. The lowest BCUT2D eigenvalue weighted by Gasteiger charge is -2.37. The summed E-state index contributed by atoms with van der Waals surface area (Å²) >= 11 is 0.